The highest BCUT2D eigenvalue weighted by Crippen LogP contribution is 2.30. The molecule has 158 valence electrons. The van der Waals surface area contributed by atoms with Crippen LogP contribution in [0.5, 0.6) is 5.75 Å². The van der Waals surface area contributed by atoms with Crippen molar-refractivity contribution >= 4 is 45.8 Å². The Hall–Kier alpha value is -3.02. The number of carbonyl (C=O) groups excluding carboxylic acids is 1. The SMILES string of the molecule is Cc1cc(C)c(OCC(=O)Nc2cccc(-c3nc4cc(Cl)c(C)cc4[nH]3)c2)c(Cl)c1. The Morgan fingerprint density at radius 1 is 1.03 bits per heavy atom. The zero-order valence-corrected chi connectivity index (χ0v) is 18.9. The van der Waals surface area contributed by atoms with E-state index in [-0.39, 0.29) is 12.5 Å². The zero-order valence-electron chi connectivity index (χ0n) is 17.3. The van der Waals surface area contributed by atoms with E-state index in [0.29, 0.717) is 27.3 Å². The molecule has 2 N–H and O–H groups in total. The first-order valence-electron chi connectivity index (χ1n) is 9.76. The molecule has 1 heterocycles. The lowest BCUT2D eigenvalue weighted by Gasteiger charge is -2.12. The molecule has 31 heavy (non-hydrogen) atoms. The lowest BCUT2D eigenvalue weighted by atomic mass is 10.1. The van der Waals surface area contributed by atoms with Crippen molar-refractivity contribution in [3.8, 4) is 17.1 Å². The van der Waals surface area contributed by atoms with Crippen molar-refractivity contribution in [3.63, 3.8) is 0 Å². The third-order valence-corrected chi connectivity index (χ3v) is 5.59. The fourth-order valence-corrected chi connectivity index (χ4v) is 3.97. The fourth-order valence-electron chi connectivity index (χ4n) is 3.44. The van der Waals surface area contributed by atoms with Gasteiger partial charge in [-0.25, -0.2) is 4.98 Å². The van der Waals surface area contributed by atoms with E-state index in [1.54, 1.807) is 0 Å². The number of imidazole rings is 1. The molecule has 0 spiro atoms. The number of rotatable bonds is 5. The number of aromatic nitrogens is 2. The van der Waals surface area contributed by atoms with Crippen LogP contribution < -0.4 is 10.1 Å². The summed E-state index contributed by atoms with van der Waals surface area (Å²) in [6.07, 6.45) is 0. The summed E-state index contributed by atoms with van der Waals surface area (Å²) >= 11 is 12.4. The van der Waals surface area contributed by atoms with Crippen LogP contribution in [-0.4, -0.2) is 22.5 Å². The van der Waals surface area contributed by atoms with Gasteiger partial charge in [-0.3, -0.25) is 4.79 Å². The molecule has 3 aromatic carbocycles. The maximum Gasteiger partial charge on any atom is 0.262 e. The summed E-state index contributed by atoms with van der Waals surface area (Å²) in [5, 5.41) is 4.02. The number of aromatic amines is 1. The van der Waals surface area contributed by atoms with E-state index < -0.39 is 0 Å². The number of benzene rings is 3. The van der Waals surface area contributed by atoms with Crippen LogP contribution in [0.25, 0.3) is 22.4 Å². The molecule has 4 rings (SSSR count). The largest absolute Gasteiger partial charge is 0.482 e. The predicted octanol–water partition coefficient (Wildman–Crippen LogP) is 6.48. The third-order valence-electron chi connectivity index (χ3n) is 4.90. The topological polar surface area (TPSA) is 67.0 Å². The Morgan fingerprint density at radius 2 is 1.84 bits per heavy atom. The van der Waals surface area contributed by atoms with E-state index in [2.05, 4.69) is 15.3 Å². The van der Waals surface area contributed by atoms with Gasteiger partial charge in [-0.05, 0) is 67.8 Å². The summed E-state index contributed by atoms with van der Waals surface area (Å²) in [7, 11) is 0. The van der Waals surface area contributed by atoms with Crippen molar-refractivity contribution in [2.75, 3.05) is 11.9 Å². The number of anilines is 1. The van der Waals surface area contributed by atoms with E-state index in [1.807, 2.05) is 69.3 Å². The number of hydrogen-bond donors (Lipinski definition) is 2. The van der Waals surface area contributed by atoms with Gasteiger partial charge in [-0.15, -0.1) is 0 Å². The predicted molar refractivity (Wildman–Crippen MR) is 126 cm³/mol. The molecule has 0 aliphatic rings. The van der Waals surface area contributed by atoms with Crippen LogP contribution in [0.4, 0.5) is 5.69 Å². The standard InChI is InChI=1S/C24H21Cl2N3O2/c1-13-7-15(3)23(19(26)8-13)31-12-22(30)27-17-6-4-5-16(10-17)24-28-20-9-14(2)18(25)11-21(20)29-24/h4-11H,12H2,1-3H3,(H,27,30)(H,28,29). The van der Waals surface area contributed by atoms with Crippen LogP contribution in [0.2, 0.25) is 10.0 Å². The van der Waals surface area contributed by atoms with Crippen molar-refractivity contribution in [2.24, 2.45) is 0 Å². The van der Waals surface area contributed by atoms with Gasteiger partial charge in [0.25, 0.3) is 5.91 Å². The molecule has 0 unspecified atom stereocenters. The average Bonchev–Trinajstić information content (AvgIpc) is 3.10. The first kappa shape index (κ1) is 21.2. The van der Waals surface area contributed by atoms with Gasteiger partial charge < -0.3 is 15.0 Å². The Morgan fingerprint density at radius 3 is 2.61 bits per heavy atom. The number of amides is 1. The Kier molecular flexibility index (Phi) is 5.90. The van der Waals surface area contributed by atoms with Gasteiger partial charge in [0.1, 0.15) is 11.6 Å². The number of ether oxygens (including phenoxy) is 1. The van der Waals surface area contributed by atoms with Gasteiger partial charge in [-0.2, -0.15) is 0 Å². The Bertz CT molecular complexity index is 1240. The lowest BCUT2D eigenvalue weighted by Crippen LogP contribution is -2.20. The minimum Gasteiger partial charge on any atom is -0.482 e. The van der Waals surface area contributed by atoms with Gasteiger partial charge in [0.2, 0.25) is 0 Å². The highest BCUT2D eigenvalue weighted by Gasteiger charge is 2.12. The zero-order chi connectivity index (χ0) is 22.1. The Labute approximate surface area is 190 Å². The number of aryl methyl sites for hydroxylation is 3. The van der Waals surface area contributed by atoms with E-state index in [9.17, 15) is 4.79 Å². The molecule has 0 aliphatic carbocycles. The molecule has 1 aromatic heterocycles. The summed E-state index contributed by atoms with van der Waals surface area (Å²) in [5.41, 5.74) is 6.10. The van der Waals surface area contributed by atoms with Crippen molar-refractivity contribution < 1.29 is 9.53 Å². The minimum absolute atomic E-state index is 0.143. The van der Waals surface area contributed by atoms with Gasteiger partial charge in [0.15, 0.2) is 6.61 Å². The highest BCUT2D eigenvalue weighted by atomic mass is 35.5. The van der Waals surface area contributed by atoms with Crippen LogP contribution in [0.1, 0.15) is 16.7 Å². The van der Waals surface area contributed by atoms with Crippen LogP contribution in [0.3, 0.4) is 0 Å². The van der Waals surface area contributed by atoms with Crippen molar-refractivity contribution in [1.29, 1.82) is 0 Å². The number of carbonyl (C=O) groups is 1. The maximum absolute atomic E-state index is 12.4. The summed E-state index contributed by atoms with van der Waals surface area (Å²) < 4.78 is 5.66. The first-order valence-corrected chi connectivity index (χ1v) is 10.5. The van der Waals surface area contributed by atoms with Crippen molar-refractivity contribution in [2.45, 2.75) is 20.8 Å². The van der Waals surface area contributed by atoms with Crippen LogP contribution in [0.15, 0.2) is 48.5 Å². The second-order valence-corrected chi connectivity index (χ2v) is 8.33. The fraction of sp³-hybridized carbons (Fsp3) is 0.167. The van der Waals surface area contributed by atoms with Crippen LogP contribution >= 0.6 is 23.2 Å². The average molecular weight is 454 g/mol. The molecule has 7 heteroatoms. The van der Waals surface area contributed by atoms with E-state index in [4.69, 9.17) is 27.9 Å². The second-order valence-electron chi connectivity index (χ2n) is 7.51. The number of hydrogen-bond acceptors (Lipinski definition) is 3. The van der Waals surface area contributed by atoms with Crippen LogP contribution in [0, 0.1) is 20.8 Å². The highest BCUT2D eigenvalue weighted by molar-refractivity contribution is 6.32. The van der Waals surface area contributed by atoms with Crippen molar-refractivity contribution in [3.05, 3.63) is 75.3 Å². The molecular formula is C24H21Cl2N3O2. The molecule has 0 saturated carbocycles. The Balaban J connectivity index is 1.48. The summed E-state index contributed by atoms with van der Waals surface area (Å²) in [4.78, 5) is 20.3. The van der Waals surface area contributed by atoms with Gasteiger partial charge >= 0.3 is 0 Å². The number of fused-ring (bicyclic) bond motifs is 1. The molecule has 5 nitrogen and oxygen atoms in total. The van der Waals surface area contributed by atoms with Crippen LogP contribution in [-0.2, 0) is 4.79 Å². The molecule has 0 bridgehead atoms. The number of halogens is 2. The van der Waals surface area contributed by atoms with E-state index >= 15 is 0 Å². The third kappa shape index (κ3) is 4.68. The lowest BCUT2D eigenvalue weighted by molar-refractivity contribution is -0.118. The summed E-state index contributed by atoms with van der Waals surface area (Å²) in [6, 6.07) is 15.0. The molecule has 0 radical (unpaired) electrons. The molecular weight excluding hydrogens is 433 g/mol. The van der Waals surface area contributed by atoms with Gasteiger partial charge in [0, 0.05) is 16.3 Å². The maximum atomic E-state index is 12.4. The van der Waals surface area contributed by atoms with Gasteiger partial charge in [-0.1, -0.05) is 41.4 Å². The monoisotopic (exact) mass is 453 g/mol. The second kappa shape index (κ2) is 8.61. The quantitative estimate of drug-likeness (QED) is 0.363. The van der Waals surface area contributed by atoms with Gasteiger partial charge in [0.05, 0.1) is 16.1 Å². The molecule has 0 saturated heterocycles. The first-order chi connectivity index (χ1) is 14.8. The van der Waals surface area contributed by atoms with E-state index in [1.165, 1.54) is 0 Å². The molecule has 0 atom stereocenters. The number of H-pyrrole nitrogens is 1. The molecule has 4 aromatic rings. The normalized spacial score (nSPS) is 11.0. The molecule has 0 fully saturated rings. The molecule has 0 aliphatic heterocycles. The molecule has 1 amide bonds. The summed E-state index contributed by atoms with van der Waals surface area (Å²) in [5.74, 6) is 0.943. The summed E-state index contributed by atoms with van der Waals surface area (Å²) in [6.45, 7) is 5.67. The smallest absolute Gasteiger partial charge is 0.262 e. The van der Waals surface area contributed by atoms with E-state index in [0.717, 1.165) is 33.3 Å². The van der Waals surface area contributed by atoms with Crippen molar-refractivity contribution in [1.82, 2.24) is 9.97 Å². The minimum atomic E-state index is -0.278. The number of nitrogens with one attached hydrogen (secondary N) is 2. The number of nitrogens with zero attached hydrogens (tertiary/aromatic N) is 1.